The van der Waals surface area contributed by atoms with Crippen LogP contribution in [0.3, 0.4) is 0 Å². The molecule has 0 fully saturated rings. The van der Waals surface area contributed by atoms with Gasteiger partial charge in [0, 0.05) is 29.4 Å². The van der Waals surface area contributed by atoms with Crippen molar-refractivity contribution in [2.45, 2.75) is 31.6 Å². The first-order valence-electron chi connectivity index (χ1n) is 8.48. The zero-order chi connectivity index (χ0) is 18.9. The van der Waals surface area contributed by atoms with Gasteiger partial charge in [0.15, 0.2) is 0 Å². The average molecular weight is 393 g/mol. The zero-order valence-electron chi connectivity index (χ0n) is 14.7. The van der Waals surface area contributed by atoms with Crippen molar-refractivity contribution in [1.82, 2.24) is 0 Å². The summed E-state index contributed by atoms with van der Waals surface area (Å²) < 4.78 is 27.7. The van der Waals surface area contributed by atoms with Crippen LogP contribution in [-0.2, 0) is 21.2 Å². The number of hydrogen-bond donors (Lipinski definition) is 1. The van der Waals surface area contributed by atoms with E-state index < -0.39 is 10.0 Å². The molecule has 0 aromatic heterocycles. The number of amides is 1. The molecule has 138 valence electrons. The largest absolute Gasteiger partial charge is 0.312 e. The fourth-order valence-corrected chi connectivity index (χ4v) is 4.39. The third-order valence-electron chi connectivity index (χ3n) is 4.19. The molecular formula is C19H21ClN2O3S. The molecule has 0 spiro atoms. The van der Waals surface area contributed by atoms with Crippen molar-refractivity contribution in [3.63, 3.8) is 0 Å². The molecule has 26 heavy (non-hydrogen) atoms. The molecular weight excluding hydrogens is 372 g/mol. The second kappa shape index (κ2) is 7.29. The van der Waals surface area contributed by atoms with Gasteiger partial charge in [0.2, 0.25) is 5.91 Å². The highest BCUT2D eigenvalue weighted by Crippen LogP contribution is 2.31. The number of anilines is 2. The Morgan fingerprint density at radius 2 is 1.92 bits per heavy atom. The van der Waals surface area contributed by atoms with Crippen LogP contribution in [-0.4, -0.2) is 20.9 Å². The molecule has 1 N–H and O–H groups in total. The van der Waals surface area contributed by atoms with Crippen molar-refractivity contribution in [3.8, 4) is 0 Å². The van der Waals surface area contributed by atoms with Gasteiger partial charge in [0.05, 0.1) is 4.90 Å². The summed E-state index contributed by atoms with van der Waals surface area (Å²) in [5, 5.41) is 0.362. The van der Waals surface area contributed by atoms with Gasteiger partial charge in [-0.3, -0.25) is 9.52 Å². The van der Waals surface area contributed by atoms with Crippen LogP contribution in [0.2, 0.25) is 5.02 Å². The molecule has 1 aliphatic heterocycles. The van der Waals surface area contributed by atoms with Crippen LogP contribution < -0.4 is 9.62 Å². The Morgan fingerprint density at radius 1 is 1.15 bits per heavy atom. The van der Waals surface area contributed by atoms with E-state index in [9.17, 15) is 13.2 Å². The lowest BCUT2D eigenvalue weighted by Crippen LogP contribution is -2.37. The predicted octanol–water partition coefficient (Wildman–Crippen LogP) is 4.08. The zero-order valence-corrected chi connectivity index (χ0v) is 16.3. The SMILES string of the molecule is CC(C)CN1C(=O)CCc2cc(NS(=O)(=O)c3cccc(Cl)c3)ccc21. The number of nitrogens with one attached hydrogen (secondary N) is 1. The number of carbonyl (C=O) groups excluding carboxylic acids is 1. The van der Waals surface area contributed by atoms with Gasteiger partial charge in [0.1, 0.15) is 0 Å². The quantitative estimate of drug-likeness (QED) is 0.833. The standard InChI is InChI=1S/C19H21ClN2O3S/c1-13(2)12-22-18-8-7-16(10-14(18)6-9-19(22)23)21-26(24,25)17-5-3-4-15(20)11-17/h3-5,7-8,10-11,13,21H,6,9,12H2,1-2H3. The van der Waals surface area contributed by atoms with E-state index in [1.54, 1.807) is 29.2 Å². The molecule has 7 heteroatoms. The normalized spacial score (nSPS) is 14.5. The molecule has 2 aromatic rings. The van der Waals surface area contributed by atoms with Crippen molar-refractivity contribution in [1.29, 1.82) is 0 Å². The molecule has 2 aromatic carbocycles. The van der Waals surface area contributed by atoms with E-state index in [2.05, 4.69) is 18.6 Å². The fourth-order valence-electron chi connectivity index (χ4n) is 3.04. The van der Waals surface area contributed by atoms with Crippen LogP contribution in [0.4, 0.5) is 11.4 Å². The summed E-state index contributed by atoms with van der Waals surface area (Å²) in [6.45, 7) is 4.78. The Hall–Kier alpha value is -2.05. The van der Waals surface area contributed by atoms with Crippen LogP contribution >= 0.6 is 11.6 Å². The Kier molecular flexibility index (Phi) is 5.25. The van der Waals surface area contributed by atoms with E-state index in [0.717, 1.165) is 11.3 Å². The molecule has 0 unspecified atom stereocenters. The summed E-state index contributed by atoms with van der Waals surface area (Å²) in [7, 11) is -3.72. The third kappa shape index (κ3) is 4.02. The smallest absolute Gasteiger partial charge is 0.261 e. The predicted molar refractivity (Wildman–Crippen MR) is 104 cm³/mol. The van der Waals surface area contributed by atoms with Crippen molar-refractivity contribution in [2.24, 2.45) is 5.92 Å². The summed E-state index contributed by atoms with van der Waals surface area (Å²) in [5.41, 5.74) is 2.31. The first-order valence-corrected chi connectivity index (χ1v) is 10.3. The molecule has 1 amide bonds. The highest BCUT2D eigenvalue weighted by Gasteiger charge is 2.25. The lowest BCUT2D eigenvalue weighted by Gasteiger charge is -2.31. The maximum atomic E-state index is 12.5. The van der Waals surface area contributed by atoms with Gasteiger partial charge >= 0.3 is 0 Å². The van der Waals surface area contributed by atoms with Crippen molar-refractivity contribution in [3.05, 3.63) is 53.1 Å². The third-order valence-corrected chi connectivity index (χ3v) is 5.80. The van der Waals surface area contributed by atoms with Crippen LogP contribution in [0.5, 0.6) is 0 Å². The molecule has 0 saturated heterocycles. The highest BCUT2D eigenvalue weighted by atomic mass is 35.5. The first-order chi connectivity index (χ1) is 12.3. The van der Waals surface area contributed by atoms with Crippen molar-refractivity contribution >= 4 is 38.9 Å². The summed E-state index contributed by atoms with van der Waals surface area (Å²) >= 11 is 5.89. The molecule has 1 heterocycles. The molecule has 5 nitrogen and oxygen atoms in total. The number of aryl methyl sites for hydroxylation is 1. The monoisotopic (exact) mass is 392 g/mol. The summed E-state index contributed by atoms with van der Waals surface area (Å²) in [6.07, 6.45) is 1.04. The van der Waals surface area contributed by atoms with E-state index in [1.807, 2.05) is 6.07 Å². The minimum atomic E-state index is -3.72. The lowest BCUT2D eigenvalue weighted by atomic mass is 9.99. The number of sulfonamides is 1. The molecule has 0 saturated carbocycles. The number of halogens is 1. The number of hydrogen-bond acceptors (Lipinski definition) is 3. The number of nitrogens with zero attached hydrogens (tertiary/aromatic N) is 1. The molecule has 0 bridgehead atoms. The van der Waals surface area contributed by atoms with Crippen molar-refractivity contribution < 1.29 is 13.2 Å². The van der Waals surface area contributed by atoms with Crippen LogP contribution in [0, 0.1) is 5.92 Å². The first kappa shape index (κ1) is 18.7. The van der Waals surface area contributed by atoms with Gasteiger partial charge in [-0.2, -0.15) is 0 Å². The Morgan fingerprint density at radius 3 is 2.62 bits per heavy atom. The van der Waals surface area contributed by atoms with E-state index in [1.165, 1.54) is 12.1 Å². The summed E-state index contributed by atoms with van der Waals surface area (Å²) in [4.78, 5) is 14.1. The van der Waals surface area contributed by atoms with Gasteiger partial charge in [-0.1, -0.05) is 31.5 Å². The van der Waals surface area contributed by atoms with Crippen molar-refractivity contribution in [2.75, 3.05) is 16.2 Å². The minimum absolute atomic E-state index is 0.110. The van der Waals surface area contributed by atoms with E-state index in [-0.39, 0.29) is 10.8 Å². The Balaban J connectivity index is 1.88. The molecule has 0 aliphatic carbocycles. The van der Waals surface area contributed by atoms with Gasteiger partial charge < -0.3 is 4.90 Å². The maximum absolute atomic E-state index is 12.5. The van der Waals surface area contributed by atoms with Crippen LogP contribution in [0.1, 0.15) is 25.8 Å². The average Bonchev–Trinajstić information content (AvgIpc) is 2.57. The van der Waals surface area contributed by atoms with E-state index in [0.29, 0.717) is 36.0 Å². The fraction of sp³-hybridized carbons (Fsp3) is 0.316. The lowest BCUT2D eigenvalue weighted by molar-refractivity contribution is -0.119. The number of benzene rings is 2. The number of fused-ring (bicyclic) bond motifs is 1. The van der Waals surface area contributed by atoms with Gasteiger partial charge in [-0.05, 0) is 54.3 Å². The van der Waals surface area contributed by atoms with Crippen LogP contribution in [0.25, 0.3) is 0 Å². The van der Waals surface area contributed by atoms with Gasteiger partial charge in [0.25, 0.3) is 10.0 Å². The topological polar surface area (TPSA) is 66.5 Å². The number of carbonyl (C=O) groups is 1. The van der Waals surface area contributed by atoms with Gasteiger partial charge in [-0.25, -0.2) is 8.42 Å². The van der Waals surface area contributed by atoms with E-state index in [4.69, 9.17) is 11.6 Å². The Bertz CT molecular complexity index is 942. The summed E-state index contributed by atoms with van der Waals surface area (Å²) in [6, 6.07) is 11.4. The maximum Gasteiger partial charge on any atom is 0.261 e. The minimum Gasteiger partial charge on any atom is -0.312 e. The highest BCUT2D eigenvalue weighted by molar-refractivity contribution is 7.92. The van der Waals surface area contributed by atoms with Gasteiger partial charge in [-0.15, -0.1) is 0 Å². The Labute approximate surface area is 159 Å². The van der Waals surface area contributed by atoms with E-state index >= 15 is 0 Å². The summed E-state index contributed by atoms with van der Waals surface area (Å²) in [5.74, 6) is 0.462. The number of rotatable bonds is 5. The second-order valence-electron chi connectivity index (χ2n) is 6.80. The molecule has 3 rings (SSSR count). The molecule has 0 radical (unpaired) electrons. The molecule has 0 atom stereocenters. The second-order valence-corrected chi connectivity index (χ2v) is 8.92. The molecule has 1 aliphatic rings. The van der Waals surface area contributed by atoms with Crippen LogP contribution in [0.15, 0.2) is 47.4 Å².